The average molecular weight is 262 g/mol. The lowest BCUT2D eigenvalue weighted by molar-refractivity contribution is -0.384. The number of anilines is 1. The average Bonchev–Trinajstić information content (AvgIpc) is 2.41. The first-order valence-electron chi connectivity index (χ1n) is 6.00. The first kappa shape index (κ1) is 13.2. The maximum Gasteiger partial charge on any atom is 0.312 e. The molecule has 1 fully saturated rings. The standard InChI is InChI=1S/C12H14N4O3/c1-8-7-15(3-2-11(8)17)12-10(16(18)19)4-9(5-13)6-14-12/h4,6,8,11,17H,2-3,7H2,1H3. The Kier molecular flexibility index (Phi) is 3.62. The van der Waals surface area contributed by atoms with Crippen molar-refractivity contribution >= 4 is 11.5 Å². The van der Waals surface area contributed by atoms with Crippen LogP contribution in [0.4, 0.5) is 11.5 Å². The lowest BCUT2D eigenvalue weighted by atomic mass is 9.96. The van der Waals surface area contributed by atoms with Crippen LogP contribution in [-0.2, 0) is 0 Å². The fraction of sp³-hybridized carbons (Fsp3) is 0.500. The van der Waals surface area contributed by atoms with Crippen LogP contribution in [0.5, 0.6) is 0 Å². The Bertz CT molecular complexity index is 540. The van der Waals surface area contributed by atoms with Crippen molar-refractivity contribution in [3.63, 3.8) is 0 Å². The molecule has 1 aliphatic heterocycles. The minimum absolute atomic E-state index is 0.0331. The summed E-state index contributed by atoms with van der Waals surface area (Å²) in [5, 5.41) is 29.5. The number of aliphatic hydroxyl groups excluding tert-OH is 1. The molecule has 2 rings (SSSR count). The number of nitro groups is 1. The van der Waals surface area contributed by atoms with Gasteiger partial charge in [-0.05, 0) is 12.3 Å². The molecular formula is C12H14N4O3. The highest BCUT2D eigenvalue weighted by Gasteiger charge is 2.29. The molecule has 0 amide bonds. The maximum atomic E-state index is 11.1. The Balaban J connectivity index is 2.34. The second-order valence-corrected chi connectivity index (χ2v) is 4.71. The van der Waals surface area contributed by atoms with Crippen molar-refractivity contribution < 1.29 is 10.0 Å². The van der Waals surface area contributed by atoms with Crippen molar-refractivity contribution in [1.29, 1.82) is 5.26 Å². The lowest BCUT2D eigenvalue weighted by Crippen LogP contribution is -2.42. The van der Waals surface area contributed by atoms with Crippen molar-refractivity contribution in [2.75, 3.05) is 18.0 Å². The number of aliphatic hydroxyl groups is 1. The molecule has 1 N–H and O–H groups in total. The first-order chi connectivity index (χ1) is 9.02. The minimum atomic E-state index is -0.529. The zero-order valence-corrected chi connectivity index (χ0v) is 10.5. The zero-order valence-electron chi connectivity index (χ0n) is 10.5. The predicted octanol–water partition coefficient (Wildman–Crippen LogP) is 1.07. The number of aromatic nitrogens is 1. The SMILES string of the molecule is CC1CN(c2ncc(C#N)cc2[N+](=O)[O-])CCC1O. The molecule has 0 spiro atoms. The van der Waals surface area contributed by atoms with E-state index in [9.17, 15) is 15.2 Å². The summed E-state index contributed by atoms with van der Waals surface area (Å²) in [5.74, 6) is 0.300. The molecule has 2 atom stereocenters. The predicted molar refractivity (Wildman–Crippen MR) is 67.6 cm³/mol. The highest BCUT2D eigenvalue weighted by Crippen LogP contribution is 2.30. The van der Waals surface area contributed by atoms with Gasteiger partial charge in [0, 0.05) is 25.4 Å². The van der Waals surface area contributed by atoms with Gasteiger partial charge in [-0.1, -0.05) is 6.92 Å². The molecule has 100 valence electrons. The Hall–Kier alpha value is -2.20. The molecule has 0 bridgehead atoms. The lowest BCUT2D eigenvalue weighted by Gasteiger charge is -2.34. The number of rotatable bonds is 2. The third-order valence-electron chi connectivity index (χ3n) is 3.33. The fourth-order valence-corrected chi connectivity index (χ4v) is 2.21. The van der Waals surface area contributed by atoms with Gasteiger partial charge in [-0.3, -0.25) is 10.1 Å². The molecule has 19 heavy (non-hydrogen) atoms. The van der Waals surface area contributed by atoms with E-state index in [1.54, 1.807) is 4.90 Å². The van der Waals surface area contributed by atoms with E-state index in [-0.39, 0.29) is 29.1 Å². The van der Waals surface area contributed by atoms with Crippen LogP contribution in [0, 0.1) is 27.4 Å². The third-order valence-corrected chi connectivity index (χ3v) is 3.33. The molecule has 0 aromatic carbocycles. The highest BCUT2D eigenvalue weighted by atomic mass is 16.6. The van der Waals surface area contributed by atoms with E-state index < -0.39 is 4.92 Å². The van der Waals surface area contributed by atoms with Crippen LogP contribution >= 0.6 is 0 Å². The van der Waals surface area contributed by atoms with Crippen LogP contribution in [0.15, 0.2) is 12.3 Å². The minimum Gasteiger partial charge on any atom is -0.393 e. The topological polar surface area (TPSA) is 103 Å². The summed E-state index contributed by atoms with van der Waals surface area (Å²) in [7, 11) is 0. The molecule has 7 heteroatoms. The molecule has 1 aliphatic rings. The van der Waals surface area contributed by atoms with Crippen molar-refractivity contribution in [3.05, 3.63) is 27.9 Å². The zero-order chi connectivity index (χ0) is 14.0. The number of nitrogens with zero attached hydrogens (tertiary/aromatic N) is 4. The van der Waals surface area contributed by atoms with Crippen molar-refractivity contribution in [3.8, 4) is 6.07 Å². The number of hydrogen-bond acceptors (Lipinski definition) is 6. The number of pyridine rings is 1. The van der Waals surface area contributed by atoms with E-state index in [0.29, 0.717) is 19.5 Å². The van der Waals surface area contributed by atoms with Gasteiger partial charge in [-0.15, -0.1) is 0 Å². The van der Waals surface area contributed by atoms with Gasteiger partial charge in [0.25, 0.3) is 0 Å². The molecule has 2 unspecified atom stereocenters. The van der Waals surface area contributed by atoms with E-state index in [2.05, 4.69) is 4.98 Å². The fourth-order valence-electron chi connectivity index (χ4n) is 2.21. The van der Waals surface area contributed by atoms with Crippen LogP contribution in [0.3, 0.4) is 0 Å². The molecular weight excluding hydrogens is 248 g/mol. The summed E-state index contributed by atoms with van der Waals surface area (Å²) >= 11 is 0. The van der Waals surface area contributed by atoms with Crippen molar-refractivity contribution in [2.45, 2.75) is 19.4 Å². The molecule has 0 radical (unpaired) electrons. The van der Waals surface area contributed by atoms with Crippen molar-refractivity contribution in [2.24, 2.45) is 5.92 Å². The molecule has 1 aromatic rings. The van der Waals surface area contributed by atoms with E-state index in [1.807, 2.05) is 13.0 Å². The van der Waals surface area contributed by atoms with E-state index in [0.717, 1.165) is 0 Å². The molecule has 0 aliphatic carbocycles. The molecule has 0 saturated carbocycles. The van der Waals surface area contributed by atoms with Gasteiger partial charge in [-0.2, -0.15) is 5.26 Å². The monoisotopic (exact) mass is 262 g/mol. The largest absolute Gasteiger partial charge is 0.393 e. The summed E-state index contributed by atoms with van der Waals surface area (Å²) in [6.07, 6.45) is 1.51. The van der Waals surface area contributed by atoms with Crippen LogP contribution in [0.25, 0.3) is 0 Å². The van der Waals surface area contributed by atoms with Gasteiger partial charge in [-0.25, -0.2) is 4.98 Å². The summed E-state index contributed by atoms with van der Waals surface area (Å²) in [6, 6.07) is 3.08. The van der Waals surface area contributed by atoms with E-state index in [4.69, 9.17) is 5.26 Å². The Labute approximate surface area is 110 Å². The molecule has 1 aromatic heterocycles. The van der Waals surface area contributed by atoms with Gasteiger partial charge >= 0.3 is 5.69 Å². The Morgan fingerprint density at radius 1 is 1.68 bits per heavy atom. The second-order valence-electron chi connectivity index (χ2n) is 4.71. The van der Waals surface area contributed by atoms with Gasteiger partial charge in [0.2, 0.25) is 5.82 Å². The summed E-state index contributed by atoms with van der Waals surface area (Å²) in [4.78, 5) is 16.4. The molecule has 7 nitrogen and oxygen atoms in total. The molecule has 2 heterocycles. The number of nitriles is 1. The summed E-state index contributed by atoms with van der Waals surface area (Å²) in [6.45, 7) is 2.93. The Morgan fingerprint density at radius 3 is 3.00 bits per heavy atom. The highest BCUT2D eigenvalue weighted by molar-refractivity contribution is 5.60. The van der Waals surface area contributed by atoms with Crippen LogP contribution in [0.1, 0.15) is 18.9 Å². The number of hydrogen-bond donors (Lipinski definition) is 1. The maximum absolute atomic E-state index is 11.1. The first-order valence-corrected chi connectivity index (χ1v) is 6.00. The normalized spacial score (nSPS) is 22.9. The van der Waals surface area contributed by atoms with Gasteiger partial charge in [0.05, 0.1) is 16.6 Å². The summed E-state index contributed by atoms with van der Waals surface area (Å²) < 4.78 is 0. The quantitative estimate of drug-likeness (QED) is 0.631. The van der Waals surface area contributed by atoms with E-state index >= 15 is 0 Å². The van der Waals surface area contributed by atoms with Gasteiger partial charge < -0.3 is 10.0 Å². The van der Waals surface area contributed by atoms with Crippen LogP contribution < -0.4 is 4.90 Å². The second kappa shape index (κ2) is 5.20. The van der Waals surface area contributed by atoms with Gasteiger partial charge in [0.1, 0.15) is 6.07 Å². The molecule has 1 saturated heterocycles. The summed E-state index contributed by atoms with van der Waals surface area (Å²) in [5.41, 5.74) is 0.00295. The smallest absolute Gasteiger partial charge is 0.312 e. The van der Waals surface area contributed by atoms with E-state index in [1.165, 1.54) is 12.3 Å². The number of piperidine rings is 1. The van der Waals surface area contributed by atoms with Crippen LogP contribution in [-0.4, -0.2) is 34.2 Å². The Morgan fingerprint density at radius 2 is 2.42 bits per heavy atom. The van der Waals surface area contributed by atoms with Crippen LogP contribution in [0.2, 0.25) is 0 Å². The third kappa shape index (κ3) is 2.63. The van der Waals surface area contributed by atoms with Gasteiger partial charge in [0.15, 0.2) is 0 Å². The van der Waals surface area contributed by atoms with Crippen molar-refractivity contribution in [1.82, 2.24) is 4.98 Å².